The van der Waals surface area contributed by atoms with Gasteiger partial charge in [-0.3, -0.25) is 4.79 Å². The second kappa shape index (κ2) is 9.47. The summed E-state index contributed by atoms with van der Waals surface area (Å²) >= 11 is 0. The number of methoxy groups -OCH3 is 2. The summed E-state index contributed by atoms with van der Waals surface area (Å²) < 4.78 is 16.3. The zero-order chi connectivity index (χ0) is 18.9. The maximum Gasteiger partial charge on any atom is 0.189 e. The van der Waals surface area contributed by atoms with Gasteiger partial charge < -0.3 is 14.2 Å². The van der Waals surface area contributed by atoms with Crippen molar-refractivity contribution in [3.05, 3.63) is 71.3 Å². The van der Waals surface area contributed by atoms with Crippen LogP contribution in [0.2, 0.25) is 0 Å². The monoisotopic (exact) mass is 352 g/mol. The van der Waals surface area contributed by atoms with Crippen molar-refractivity contribution in [2.75, 3.05) is 20.8 Å². The van der Waals surface area contributed by atoms with E-state index in [-0.39, 0.29) is 5.78 Å². The van der Waals surface area contributed by atoms with Crippen molar-refractivity contribution in [1.82, 2.24) is 0 Å². The lowest BCUT2D eigenvalue weighted by molar-refractivity contribution is 0.104. The fourth-order valence-corrected chi connectivity index (χ4v) is 2.31. The van der Waals surface area contributed by atoms with Gasteiger partial charge in [0, 0.05) is 11.6 Å². The summed E-state index contributed by atoms with van der Waals surface area (Å²) in [4.78, 5) is 12.6. The van der Waals surface area contributed by atoms with Crippen LogP contribution < -0.4 is 14.2 Å². The molecule has 0 aromatic heterocycles. The second-order valence-corrected chi connectivity index (χ2v) is 5.89. The van der Waals surface area contributed by atoms with Crippen molar-refractivity contribution in [3.8, 4) is 17.2 Å². The molecule has 0 aliphatic heterocycles. The number of hydrogen-bond acceptors (Lipinski definition) is 4. The molecule has 0 aliphatic carbocycles. The van der Waals surface area contributed by atoms with Crippen LogP contribution in [0.25, 0.3) is 6.08 Å². The highest BCUT2D eigenvalue weighted by Crippen LogP contribution is 2.26. The van der Waals surface area contributed by atoms with Gasteiger partial charge in [0.15, 0.2) is 5.78 Å². The van der Waals surface area contributed by atoms with Gasteiger partial charge >= 0.3 is 0 Å². The van der Waals surface area contributed by atoms with Gasteiger partial charge in [-0.05, 0) is 56.3 Å². The number of rotatable bonds is 8. The molecule has 0 amide bonds. The summed E-state index contributed by atoms with van der Waals surface area (Å²) in [6.45, 7) is 4.44. The Labute approximate surface area is 154 Å². The van der Waals surface area contributed by atoms with Gasteiger partial charge in [0.2, 0.25) is 0 Å². The Hall–Kier alpha value is -3.01. The molecular weight excluding hydrogens is 328 g/mol. The molecule has 26 heavy (non-hydrogen) atoms. The molecule has 4 nitrogen and oxygen atoms in total. The molecule has 0 unspecified atom stereocenters. The molecule has 4 heteroatoms. The molecule has 136 valence electrons. The Balaban J connectivity index is 2.20. The number of ether oxygens (including phenoxy) is 3. The third kappa shape index (κ3) is 5.24. The van der Waals surface area contributed by atoms with E-state index in [0.29, 0.717) is 29.4 Å². The van der Waals surface area contributed by atoms with Gasteiger partial charge in [0.05, 0.1) is 19.8 Å². The zero-order valence-corrected chi connectivity index (χ0v) is 15.6. The molecule has 2 aromatic rings. The Morgan fingerprint density at radius 2 is 1.77 bits per heavy atom. The van der Waals surface area contributed by atoms with Crippen molar-refractivity contribution in [3.63, 3.8) is 0 Å². The molecule has 2 aromatic carbocycles. The van der Waals surface area contributed by atoms with Crippen LogP contribution in [-0.2, 0) is 0 Å². The minimum absolute atomic E-state index is 0.129. The molecule has 0 saturated heterocycles. The molecule has 0 spiro atoms. The van der Waals surface area contributed by atoms with Gasteiger partial charge in [-0.15, -0.1) is 0 Å². The summed E-state index contributed by atoms with van der Waals surface area (Å²) in [5, 5.41) is 0. The summed E-state index contributed by atoms with van der Waals surface area (Å²) in [7, 11) is 3.18. The van der Waals surface area contributed by atoms with Crippen LogP contribution in [-0.4, -0.2) is 26.6 Å². The smallest absolute Gasteiger partial charge is 0.189 e. The lowest BCUT2D eigenvalue weighted by Gasteiger charge is -2.09. The van der Waals surface area contributed by atoms with E-state index in [1.54, 1.807) is 38.5 Å². The number of allylic oxidation sites excluding steroid dienone is 2. The van der Waals surface area contributed by atoms with Gasteiger partial charge in [-0.2, -0.15) is 0 Å². The number of para-hydroxylation sites is 1. The van der Waals surface area contributed by atoms with Crippen molar-refractivity contribution < 1.29 is 19.0 Å². The molecule has 0 heterocycles. The van der Waals surface area contributed by atoms with Gasteiger partial charge in [0.1, 0.15) is 23.9 Å². The summed E-state index contributed by atoms with van der Waals surface area (Å²) in [6, 6.07) is 12.7. The van der Waals surface area contributed by atoms with Crippen LogP contribution in [0, 0.1) is 0 Å². The molecule has 0 N–H and O–H groups in total. The van der Waals surface area contributed by atoms with Crippen LogP contribution in [0.4, 0.5) is 0 Å². The Morgan fingerprint density at radius 3 is 2.46 bits per heavy atom. The summed E-state index contributed by atoms with van der Waals surface area (Å²) in [5.74, 6) is 1.78. The van der Waals surface area contributed by atoms with E-state index in [4.69, 9.17) is 14.2 Å². The molecule has 0 radical (unpaired) electrons. The minimum atomic E-state index is -0.129. The van der Waals surface area contributed by atoms with Gasteiger partial charge in [0.25, 0.3) is 0 Å². The lowest BCUT2D eigenvalue weighted by Crippen LogP contribution is -2.02. The predicted octanol–water partition coefficient (Wildman–Crippen LogP) is 4.94. The lowest BCUT2D eigenvalue weighted by atomic mass is 10.1. The van der Waals surface area contributed by atoms with Crippen LogP contribution in [0.5, 0.6) is 17.2 Å². The minimum Gasteiger partial charge on any atom is -0.497 e. The van der Waals surface area contributed by atoms with Gasteiger partial charge in [-0.25, -0.2) is 0 Å². The average Bonchev–Trinajstić information content (AvgIpc) is 2.66. The molecule has 0 aliphatic rings. The first-order chi connectivity index (χ1) is 12.5. The highest BCUT2D eigenvalue weighted by atomic mass is 16.5. The Bertz CT molecular complexity index is 815. The van der Waals surface area contributed by atoms with E-state index >= 15 is 0 Å². The van der Waals surface area contributed by atoms with Crippen LogP contribution in [0.1, 0.15) is 29.8 Å². The van der Waals surface area contributed by atoms with Crippen LogP contribution >= 0.6 is 0 Å². The van der Waals surface area contributed by atoms with Crippen molar-refractivity contribution in [2.24, 2.45) is 0 Å². The first-order valence-electron chi connectivity index (χ1n) is 8.34. The average molecular weight is 352 g/mol. The number of carbonyl (C=O) groups is 1. The van der Waals surface area contributed by atoms with Crippen LogP contribution in [0.15, 0.2) is 60.2 Å². The number of hydrogen-bond donors (Lipinski definition) is 0. The molecule has 0 saturated carbocycles. The van der Waals surface area contributed by atoms with E-state index in [9.17, 15) is 4.79 Å². The molecular formula is C22H24O4. The van der Waals surface area contributed by atoms with E-state index in [1.807, 2.05) is 44.2 Å². The molecule has 2 rings (SSSR count). The maximum atomic E-state index is 12.6. The number of benzene rings is 2. The van der Waals surface area contributed by atoms with E-state index < -0.39 is 0 Å². The maximum absolute atomic E-state index is 12.6. The first-order valence-corrected chi connectivity index (χ1v) is 8.34. The van der Waals surface area contributed by atoms with Crippen molar-refractivity contribution in [2.45, 2.75) is 13.8 Å². The highest BCUT2D eigenvalue weighted by Gasteiger charge is 2.10. The standard InChI is InChI=1S/C22H24O4/c1-16(2)13-14-26-21-8-6-5-7-19(21)20(23)12-10-17-9-11-18(24-3)15-22(17)25-4/h5-13,15H,14H2,1-4H3/b12-10+. The second-order valence-electron chi connectivity index (χ2n) is 5.89. The Morgan fingerprint density at radius 1 is 1.00 bits per heavy atom. The van der Waals surface area contributed by atoms with E-state index in [2.05, 4.69) is 0 Å². The van der Waals surface area contributed by atoms with Gasteiger partial charge in [-0.1, -0.05) is 17.7 Å². The predicted molar refractivity (Wildman–Crippen MR) is 104 cm³/mol. The van der Waals surface area contributed by atoms with Crippen molar-refractivity contribution in [1.29, 1.82) is 0 Å². The molecule has 0 bridgehead atoms. The summed E-state index contributed by atoms with van der Waals surface area (Å²) in [5.41, 5.74) is 2.49. The van der Waals surface area contributed by atoms with E-state index in [1.165, 1.54) is 11.6 Å². The molecule has 0 fully saturated rings. The van der Waals surface area contributed by atoms with E-state index in [0.717, 1.165) is 5.56 Å². The SMILES string of the molecule is COc1ccc(/C=C/C(=O)c2ccccc2OCC=C(C)C)c(OC)c1. The fraction of sp³-hybridized carbons (Fsp3) is 0.227. The Kier molecular flexibility index (Phi) is 7.03. The third-order valence-electron chi connectivity index (χ3n) is 3.74. The summed E-state index contributed by atoms with van der Waals surface area (Å²) in [6.07, 6.45) is 5.22. The quantitative estimate of drug-likeness (QED) is 0.383. The number of carbonyl (C=O) groups excluding carboxylic acids is 1. The third-order valence-corrected chi connectivity index (χ3v) is 3.74. The normalized spacial score (nSPS) is 10.5. The highest BCUT2D eigenvalue weighted by molar-refractivity contribution is 6.08. The first kappa shape index (κ1) is 19.3. The zero-order valence-electron chi connectivity index (χ0n) is 15.6. The van der Waals surface area contributed by atoms with Crippen LogP contribution in [0.3, 0.4) is 0 Å². The topological polar surface area (TPSA) is 44.8 Å². The largest absolute Gasteiger partial charge is 0.497 e. The number of ketones is 1. The fourth-order valence-electron chi connectivity index (χ4n) is 2.31. The van der Waals surface area contributed by atoms with Crippen molar-refractivity contribution >= 4 is 11.9 Å². The molecule has 0 atom stereocenters.